The average molecular weight is 482 g/mol. The molecule has 9 heteroatoms. The van der Waals surface area contributed by atoms with Crippen LogP contribution in [0.3, 0.4) is 0 Å². The number of hydrogen-bond donors (Lipinski definition) is 4. The van der Waals surface area contributed by atoms with E-state index >= 15 is 0 Å². The highest BCUT2D eigenvalue weighted by atomic mass is 35.5. The lowest BCUT2D eigenvalue weighted by atomic mass is 9.79. The topological polar surface area (TPSA) is 116 Å². The van der Waals surface area contributed by atoms with Crippen molar-refractivity contribution in [3.8, 4) is 0 Å². The summed E-state index contributed by atoms with van der Waals surface area (Å²) in [5.74, 6) is -1.97. The molecule has 1 unspecified atom stereocenters. The summed E-state index contributed by atoms with van der Waals surface area (Å²) in [6, 6.07) is 8.41. The van der Waals surface area contributed by atoms with Crippen molar-refractivity contribution < 1.29 is 19.8 Å². The maximum absolute atomic E-state index is 12.5. The molecule has 0 aromatic heterocycles. The SMILES string of the molecule is CCC(N)c1ccc([C@H]2C[C@H](SC3=C(C(=O)O)N4C(=O)[C@H]([C@@H](C)O)[C@H]4[C@H]3C)CN2)cc1.Cl. The molecule has 0 saturated carbocycles. The second-order valence-electron chi connectivity index (χ2n) is 8.89. The second kappa shape index (κ2) is 9.73. The van der Waals surface area contributed by atoms with Gasteiger partial charge in [0.2, 0.25) is 5.91 Å². The van der Waals surface area contributed by atoms with Gasteiger partial charge in [-0.15, -0.1) is 24.2 Å². The van der Waals surface area contributed by atoms with Crippen LogP contribution < -0.4 is 11.1 Å². The van der Waals surface area contributed by atoms with E-state index < -0.39 is 18.0 Å². The predicted molar refractivity (Wildman–Crippen MR) is 127 cm³/mol. The van der Waals surface area contributed by atoms with Gasteiger partial charge in [0, 0.05) is 34.7 Å². The Kier molecular flexibility index (Phi) is 7.62. The molecule has 0 bridgehead atoms. The standard InChI is InChI=1S/C23H31N3O4S.ClH/c1-4-16(24)13-5-7-14(8-6-13)17-9-15(10-25-17)31-21-11(2)19-18(12(3)27)22(28)26(19)20(21)23(29)30;/h5-8,11-12,15-19,25,27H,4,9-10,24H2,1-3H3,(H,29,30);1H/t11-,12-,15+,16?,17-,18-,19-;/m1./s1. The third-order valence-electron chi connectivity index (χ3n) is 6.90. The summed E-state index contributed by atoms with van der Waals surface area (Å²) in [5, 5.41) is 23.6. The van der Waals surface area contributed by atoms with E-state index in [2.05, 4.69) is 36.5 Å². The average Bonchev–Trinajstić information content (AvgIpc) is 3.29. The molecule has 0 aliphatic carbocycles. The van der Waals surface area contributed by atoms with Gasteiger partial charge >= 0.3 is 5.97 Å². The van der Waals surface area contributed by atoms with Crippen molar-refractivity contribution in [3.63, 3.8) is 0 Å². The zero-order valence-electron chi connectivity index (χ0n) is 18.5. The number of aliphatic hydroxyl groups is 1. The maximum atomic E-state index is 12.5. The molecule has 2 fully saturated rings. The number of β-lactam (4-membered cyclic amide) rings is 1. The maximum Gasteiger partial charge on any atom is 0.353 e. The Bertz CT molecular complexity index is 907. The fourth-order valence-corrected chi connectivity index (χ4v) is 6.60. The van der Waals surface area contributed by atoms with Crippen LogP contribution in [0.15, 0.2) is 34.9 Å². The molecular weight excluding hydrogens is 450 g/mol. The Morgan fingerprint density at radius 2 is 2.00 bits per heavy atom. The molecule has 176 valence electrons. The summed E-state index contributed by atoms with van der Waals surface area (Å²) in [6.45, 7) is 6.41. The molecule has 3 heterocycles. The quantitative estimate of drug-likeness (QED) is 0.442. The van der Waals surface area contributed by atoms with Crippen LogP contribution in [-0.2, 0) is 9.59 Å². The number of nitrogens with two attached hydrogens (primary N) is 1. The minimum atomic E-state index is -1.07. The molecule has 1 aromatic rings. The summed E-state index contributed by atoms with van der Waals surface area (Å²) in [4.78, 5) is 26.6. The molecule has 1 aromatic carbocycles. The van der Waals surface area contributed by atoms with Crippen molar-refractivity contribution in [1.82, 2.24) is 10.2 Å². The molecule has 7 nitrogen and oxygen atoms in total. The monoisotopic (exact) mass is 481 g/mol. The molecule has 32 heavy (non-hydrogen) atoms. The lowest BCUT2D eigenvalue weighted by Crippen LogP contribution is -2.63. The van der Waals surface area contributed by atoms with Gasteiger partial charge < -0.3 is 26.2 Å². The molecule has 7 atom stereocenters. The molecule has 3 aliphatic rings. The number of nitrogens with one attached hydrogen (secondary N) is 1. The highest BCUT2D eigenvalue weighted by Crippen LogP contribution is 2.52. The van der Waals surface area contributed by atoms with E-state index in [1.807, 2.05) is 6.92 Å². The minimum Gasteiger partial charge on any atom is -0.477 e. The molecule has 0 radical (unpaired) electrons. The summed E-state index contributed by atoms with van der Waals surface area (Å²) in [5.41, 5.74) is 8.55. The van der Waals surface area contributed by atoms with Crippen LogP contribution >= 0.6 is 24.2 Å². The number of aliphatic hydroxyl groups excluding tert-OH is 1. The minimum absolute atomic E-state index is 0. The molecule has 1 amide bonds. The first-order chi connectivity index (χ1) is 14.7. The van der Waals surface area contributed by atoms with E-state index in [-0.39, 0.29) is 53.3 Å². The van der Waals surface area contributed by atoms with Gasteiger partial charge in [0.15, 0.2) is 0 Å². The highest BCUT2D eigenvalue weighted by molar-refractivity contribution is 8.03. The molecule has 2 saturated heterocycles. The first kappa shape index (κ1) is 25.1. The number of carboxylic acids is 1. The van der Waals surface area contributed by atoms with Crippen LogP contribution in [0.2, 0.25) is 0 Å². The number of carbonyl (C=O) groups is 2. The summed E-state index contributed by atoms with van der Waals surface area (Å²) in [7, 11) is 0. The number of nitrogens with zero attached hydrogens (tertiary/aromatic N) is 1. The molecule has 4 rings (SSSR count). The van der Waals surface area contributed by atoms with Gasteiger partial charge in [0.1, 0.15) is 5.70 Å². The third-order valence-corrected chi connectivity index (χ3v) is 8.41. The van der Waals surface area contributed by atoms with Gasteiger partial charge in [-0.3, -0.25) is 4.79 Å². The molecule has 0 spiro atoms. The number of carboxylic acid groups (broad SMARTS) is 1. The van der Waals surface area contributed by atoms with Crippen LogP contribution in [0, 0.1) is 11.8 Å². The van der Waals surface area contributed by atoms with Gasteiger partial charge in [-0.05, 0) is 30.9 Å². The zero-order chi connectivity index (χ0) is 22.4. The van der Waals surface area contributed by atoms with E-state index in [0.29, 0.717) is 0 Å². The number of rotatable bonds is 7. The first-order valence-corrected chi connectivity index (χ1v) is 11.9. The fourth-order valence-electron chi connectivity index (χ4n) is 5.12. The Labute approximate surface area is 199 Å². The van der Waals surface area contributed by atoms with E-state index in [9.17, 15) is 19.8 Å². The normalized spacial score (nSPS) is 31.1. The van der Waals surface area contributed by atoms with Crippen molar-refractivity contribution in [1.29, 1.82) is 0 Å². The Morgan fingerprint density at radius 3 is 2.56 bits per heavy atom. The van der Waals surface area contributed by atoms with Crippen molar-refractivity contribution in [3.05, 3.63) is 46.0 Å². The number of carbonyl (C=O) groups excluding carboxylic acids is 1. The number of amides is 1. The second-order valence-corrected chi connectivity index (χ2v) is 10.2. The summed E-state index contributed by atoms with van der Waals surface area (Å²) >= 11 is 1.57. The Balaban J connectivity index is 0.00000289. The fraction of sp³-hybridized carbons (Fsp3) is 0.565. The van der Waals surface area contributed by atoms with Crippen molar-refractivity contribution in [2.45, 2.75) is 63.1 Å². The lowest BCUT2D eigenvalue weighted by molar-refractivity contribution is -0.163. The zero-order valence-corrected chi connectivity index (χ0v) is 20.2. The number of hydrogen-bond acceptors (Lipinski definition) is 6. The Morgan fingerprint density at radius 1 is 1.34 bits per heavy atom. The molecular formula is C23H32ClN3O4S. The van der Waals surface area contributed by atoms with Gasteiger partial charge in [0.05, 0.1) is 18.1 Å². The number of halogens is 1. The van der Waals surface area contributed by atoms with Crippen LogP contribution in [0.5, 0.6) is 0 Å². The largest absolute Gasteiger partial charge is 0.477 e. The Hall–Kier alpha value is -1.58. The number of thioether (sulfide) groups is 1. The highest BCUT2D eigenvalue weighted by Gasteiger charge is 2.60. The van der Waals surface area contributed by atoms with Gasteiger partial charge in [0.25, 0.3) is 0 Å². The van der Waals surface area contributed by atoms with Gasteiger partial charge in [-0.1, -0.05) is 38.1 Å². The van der Waals surface area contributed by atoms with Crippen LogP contribution in [0.25, 0.3) is 0 Å². The first-order valence-electron chi connectivity index (χ1n) is 11.0. The molecule has 5 N–H and O–H groups in total. The van der Waals surface area contributed by atoms with E-state index in [1.165, 1.54) is 10.5 Å². The van der Waals surface area contributed by atoms with Crippen molar-refractivity contribution in [2.75, 3.05) is 6.54 Å². The summed E-state index contributed by atoms with van der Waals surface area (Å²) in [6.07, 6.45) is 0.998. The number of benzene rings is 1. The van der Waals surface area contributed by atoms with E-state index in [4.69, 9.17) is 5.73 Å². The smallest absolute Gasteiger partial charge is 0.353 e. The van der Waals surface area contributed by atoms with Crippen molar-refractivity contribution >= 4 is 36.0 Å². The van der Waals surface area contributed by atoms with Crippen LogP contribution in [-0.4, -0.2) is 50.9 Å². The van der Waals surface area contributed by atoms with Crippen LogP contribution in [0.4, 0.5) is 0 Å². The van der Waals surface area contributed by atoms with E-state index in [1.54, 1.807) is 18.7 Å². The van der Waals surface area contributed by atoms with Gasteiger partial charge in [-0.2, -0.15) is 0 Å². The van der Waals surface area contributed by atoms with Gasteiger partial charge in [-0.25, -0.2) is 4.79 Å². The van der Waals surface area contributed by atoms with Crippen molar-refractivity contribution in [2.24, 2.45) is 17.6 Å². The molecule has 3 aliphatic heterocycles. The third kappa shape index (κ3) is 4.19. The number of aliphatic carboxylic acids is 1. The summed E-state index contributed by atoms with van der Waals surface area (Å²) < 4.78 is 0. The lowest BCUT2D eigenvalue weighted by Gasteiger charge is -2.46. The van der Waals surface area contributed by atoms with E-state index in [0.717, 1.165) is 29.9 Å². The van der Waals surface area contributed by atoms with Crippen LogP contribution in [0.1, 0.15) is 56.8 Å². The predicted octanol–water partition coefficient (Wildman–Crippen LogP) is 2.81. The number of fused-ring (bicyclic) bond motifs is 1.